The maximum atomic E-state index is 12.6. The highest BCUT2D eigenvalue weighted by atomic mass is 32.2. The maximum absolute atomic E-state index is 12.6. The number of alkyl halides is 3. The van der Waals surface area contributed by atoms with E-state index in [0.29, 0.717) is 37.5 Å². The Morgan fingerprint density at radius 2 is 1.68 bits per heavy atom. The number of pyridine rings is 1. The van der Waals surface area contributed by atoms with Crippen molar-refractivity contribution in [3.05, 3.63) is 71.1 Å². The van der Waals surface area contributed by atoms with E-state index < -0.39 is 11.9 Å². The van der Waals surface area contributed by atoms with Gasteiger partial charge in [-0.3, -0.25) is 9.78 Å². The first-order valence-electron chi connectivity index (χ1n) is 8.86. The van der Waals surface area contributed by atoms with E-state index in [2.05, 4.69) is 9.29 Å². The van der Waals surface area contributed by atoms with Gasteiger partial charge in [0, 0.05) is 37.3 Å². The van der Waals surface area contributed by atoms with Crippen LogP contribution in [0.1, 0.15) is 11.3 Å². The minimum Gasteiger partial charge on any atom is -0.334 e. The van der Waals surface area contributed by atoms with E-state index in [1.807, 2.05) is 35.2 Å². The van der Waals surface area contributed by atoms with Crippen molar-refractivity contribution in [3.63, 3.8) is 0 Å². The third-order valence-corrected chi connectivity index (χ3v) is 5.78. The molecule has 0 saturated carbocycles. The molecule has 0 bridgehead atoms. The van der Waals surface area contributed by atoms with Gasteiger partial charge >= 0.3 is 6.18 Å². The second kappa shape index (κ2) is 7.60. The Morgan fingerprint density at radius 1 is 1.00 bits per heavy atom. The summed E-state index contributed by atoms with van der Waals surface area (Å²) in [7, 11) is 0. The zero-order valence-corrected chi connectivity index (χ0v) is 15.8. The Bertz CT molecular complexity index is 879. The fraction of sp³-hybridized carbons (Fsp3) is 0.300. The summed E-state index contributed by atoms with van der Waals surface area (Å²) < 4.78 is 39.9. The predicted octanol–water partition coefficient (Wildman–Crippen LogP) is 3.80. The molecule has 0 aliphatic carbocycles. The lowest BCUT2D eigenvalue weighted by atomic mass is 10.1. The second-order valence-electron chi connectivity index (χ2n) is 6.89. The second-order valence-corrected chi connectivity index (χ2v) is 8.06. The summed E-state index contributed by atoms with van der Waals surface area (Å²) in [6.45, 7) is 2.67. The third kappa shape index (κ3) is 4.23. The van der Waals surface area contributed by atoms with Crippen LogP contribution in [0.5, 0.6) is 0 Å². The quantitative estimate of drug-likeness (QED) is 0.573. The number of nitrogens with zero attached hydrogens (tertiary/aromatic N) is 3. The van der Waals surface area contributed by atoms with Gasteiger partial charge in [-0.05, 0) is 40.8 Å². The number of carbonyl (C=O) groups excluding carboxylic acids is 1. The van der Waals surface area contributed by atoms with E-state index in [1.165, 1.54) is 35.4 Å². The Labute approximate surface area is 165 Å². The van der Waals surface area contributed by atoms with Gasteiger partial charge in [0.1, 0.15) is 5.69 Å². The Morgan fingerprint density at radius 3 is 2.25 bits per heavy atom. The number of aromatic nitrogens is 1. The molecule has 1 amide bonds. The molecule has 146 valence electrons. The topological polar surface area (TPSA) is 36.4 Å². The van der Waals surface area contributed by atoms with E-state index >= 15 is 0 Å². The summed E-state index contributed by atoms with van der Waals surface area (Å²) in [5, 5.41) is 0. The molecule has 1 aromatic carbocycles. The van der Waals surface area contributed by atoms with Crippen LogP contribution in [0.15, 0.2) is 64.7 Å². The molecule has 2 aliphatic heterocycles. The lowest BCUT2D eigenvalue weighted by Gasteiger charge is -2.22. The molecule has 0 saturated heterocycles. The summed E-state index contributed by atoms with van der Waals surface area (Å²) >= 11 is 1.40. The van der Waals surface area contributed by atoms with Gasteiger partial charge in [-0.15, -0.1) is 0 Å². The lowest BCUT2D eigenvalue weighted by molar-refractivity contribution is -0.141. The van der Waals surface area contributed by atoms with Crippen LogP contribution in [0.4, 0.5) is 13.2 Å². The first-order valence-corrected chi connectivity index (χ1v) is 9.63. The highest BCUT2D eigenvalue weighted by Crippen LogP contribution is 2.34. The van der Waals surface area contributed by atoms with E-state index in [-0.39, 0.29) is 5.91 Å². The number of hydrogen-bond donors (Lipinski definition) is 0. The van der Waals surface area contributed by atoms with Gasteiger partial charge in [-0.1, -0.05) is 30.3 Å². The molecule has 1 aromatic heterocycles. The molecule has 0 spiro atoms. The largest absolute Gasteiger partial charge is 0.433 e. The number of benzene rings is 1. The van der Waals surface area contributed by atoms with Gasteiger partial charge in [-0.2, -0.15) is 13.2 Å². The third-order valence-electron chi connectivity index (χ3n) is 4.81. The van der Waals surface area contributed by atoms with Crippen LogP contribution in [0.25, 0.3) is 0 Å². The minimum absolute atomic E-state index is 0.117. The molecule has 0 fully saturated rings. The summed E-state index contributed by atoms with van der Waals surface area (Å²) in [4.78, 5) is 18.6. The summed E-state index contributed by atoms with van der Waals surface area (Å²) in [6.07, 6.45) is -2.76. The lowest BCUT2D eigenvalue weighted by Crippen LogP contribution is -2.33. The molecule has 2 aromatic rings. The van der Waals surface area contributed by atoms with Crippen molar-refractivity contribution >= 4 is 17.9 Å². The van der Waals surface area contributed by atoms with Gasteiger partial charge in [0.25, 0.3) is 0 Å². The van der Waals surface area contributed by atoms with E-state index in [4.69, 9.17) is 0 Å². The number of halogens is 3. The van der Waals surface area contributed by atoms with Gasteiger partial charge in [0.05, 0.1) is 6.42 Å². The average Bonchev–Trinajstić information content (AvgIpc) is 3.21. The number of hydrogen-bond acceptors (Lipinski definition) is 4. The maximum Gasteiger partial charge on any atom is 0.433 e. The van der Waals surface area contributed by atoms with E-state index in [0.717, 1.165) is 11.6 Å². The summed E-state index contributed by atoms with van der Waals surface area (Å²) in [5.74, 6) is 0.117. The molecule has 2 aliphatic rings. The van der Waals surface area contributed by atoms with Crippen molar-refractivity contribution in [1.82, 2.24) is 14.2 Å². The molecule has 3 heterocycles. The van der Waals surface area contributed by atoms with Crippen molar-refractivity contribution in [3.8, 4) is 0 Å². The SMILES string of the molecule is O=C(Cc1ccccc1)N1CC2=C(CN(Sc3ccc(C(F)(F)F)nc3)C2)C1. The van der Waals surface area contributed by atoms with Crippen molar-refractivity contribution in [1.29, 1.82) is 0 Å². The van der Waals surface area contributed by atoms with Crippen molar-refractivity contribution < 1.29 is 18.0 Å². The zero-order valence-electron chi connectivity index (χ0n) is 14.9. The Hall–Kier alpha value is -2.32. The number of carbonyl (C=O) groups is 1. The molecule has 0 unspecified atom stereocenters. The number of amides is 1. The molecule has 8 heteroatoms. The normalized spacial score (nSPS) is 17.3. The molecule has 0 atom stereocenters. The van der Waals surface area contributed by atoms with Crippen molar-refractivity contribution in [2.75, 3.05) is 26.2 Å². The molecule has 0 radical (unpaired) electrons. The van der Waals surface area contributed by atoms with Crippen molar-refractivity contribution in [2.45, 2.75) is 17.5 Å². The smallest absolute Gasteiger partial charge is 0.334 e. The number of rotatable bonds is 4. The minimum atomic E-state index is -4.42. The first-order chi connectivity index (χ1) is 13.4. The Kier molecular flexibility index (Phi) is 5.16. The first kappa shape index (κ1) is 19.0. The molecule has 4 nitrogen and oxygen atoms in total. The van der Waals surface area contributed by atoms with Crippen LogP contribution in [0.3, 0.4) is 0 Å². The van der Waals surface area contributed by atoms with Crippen LogP contribution in [-0.4, -0.2) is 46.3 Å². The van der Waals surface area contributed by atoms with Gasteiger partial charge in [-0.25, -0.2) is 4.31 Å². The monoisotopic (exact) mass is 405 g/mol. The van der Waals surface area contributed by atoms with Gasteiger partial charge < -0.3 is 4.90 Å². The standard InChI is InChI=1S/C20H18F3N3OS/c21-20(22,23)18-7-6-17(9-24-18)28-26-12-15-10-25(11-16(15)13-26)19(27)8-14-4-2-1-3-5-14/h1-7,9H,8,10-13H2. The highest BCUT2D eigenvalue weighted by Gasteiger charge is 2.34. The summed E-state index contributed by atoms with van der Waals surface area (Å²) in [6, 6.07) is 12.1. The zero-order chi connectivity index (χ0) is 19.7. The van der Waals surface area contributed by atoms with E-state index in [1.54, 1.807) is 0 Å². The highest BCUT2D eigenvalue weighted by molar-refractivity contribution is 7.97. The average molecular weight is 405 g/mol. The molecule has 4 rings (SSSR count). The van der Waals surface area contributed by atoms with Gasteiger partial charge in [0.2, 0.25) is 5.91 Å². The van der Waals surface area contributed by atoms with Crippen molar-refractivity contribution in [2.24, 2.45) is 0 Å². The van der Waals surface area contributed by atoms with Crippen LogP contribution in [0, 0.1) is 0 Å². The fourth-order valence-corrected chi connectivity index (χ4v) is 4.39. The Balaban J connectivity index is 1.29. The van der Waals surface area contributed by atoms with Crippen LogP contribution in [-0.2, 0) is 17.4 Å². The molecule has 28 heavy (non-hydrogen) atoms. The van der Waals surface area contributed by atoms with Crippen LogP contribution >= 0.6 is 11.9 Å². The fourth-order valence-electron chi connectivity index (χ4n) is 3.42. The van der Waals surface area contributed by atoms with Crippen LogP contribution < -0.4 is 0 Å². The van der Waals surface area contributed by atoms with Crippen LogP contribution in [0.2, 0.25) is 0 Å². The predicted molar refractivity (Wildman–Crippen MR) is 100 cm³/mol. The van der Waals surface area contributed by atoms with E-state index in [9.17, 15) is 18.0 Å². The molecule has 0 N–H and O–H groups in total. The molecular weight excluding hydrogens is 387 g/mol. The molecular formula is C20H18F3N3OS. The summed E-state index contributed by atoms with van der Waals surface area (Å²) in [5.41, 5.74) is 2.58. The van der Waals surface area contributed by atoms with Gasteiger partial charge in [0.15, 0.2) is 0 Å².